The lowest BCUT2D eigenvalue weighted by atomic mass is 10.2. The molecule has 2 aromatic carbocycles. The van der Waals surface area contributed by atoms with Crippen molar-refractivity contribution >= 4 is 17.5 Å². The van der Waals surface area contributed by atoms with Gasteiger partial charge in [0.15, 0.2) is 0 Å². The third-order valence-electron chi connectivity index (χ3n) is 3.97. The molecule has 3 aromatic rings. The lowest BCUT2D eigenvalue weighted by Crippen LogP contribution is -2.24. The van der Waals surface area contributed by atoms with Crippen LogP contribution in [0.5, 0.6) is 5.75 Å². The van der Waals surface area contributed by atoms with E-state index in [0.717, 1.165) is 5.56 Å². The third kappa shape index (κ3) is 4.91. The molecule has 2 N–H and O–H groups in total. The van der Waals surface area contributed by atoms with E-state index in [2.05, 4.69) is 15.6 Å². The summed E-state index contributed by atoms with van der Waals surface area (Å²) in [7, 11) is 1.56. The number of carbonyl (C=O) groups is 2. The van der Waals surface area contributed by atoms with E-state index in [0.29, 0.717) is 17.0 Å². The Morgan fingerprint density at radius 2 is 1.71 bits per heavy atom. The van der Waals surface area contributed by atoms with E-state index in [1.54, 1.807) is 43.5 Å². The molecule has 0 saturated heterocycles. The molecule has 0 spiro atoms. The number of carbonyl (C=O) groups excluding carboxylic acids is 2. The molecule has 0 aliphatic carbocycles. The number of anilines is 1. The van der Waals surface area contributed by atoms with Crippen LogP contribution >= 0.6 is 0 Å². The Labute approximate surface area is 161 Å². The van der Waals surface area contributed by atoms with Crippen LogP contribution in [0.4, 0.5) is 10.1 Å². The number of ether oxygens (including phenoxy) is 1. The van der Waals surface area contributed by atoms with Gasteiger partial charge in [0.2, 0.25) is 0 Å². The maximum absolute atomic E-state index is 12.9. The number of benzene rings is 2. The molecular formula is C21H18FN3O3. The highest BCUT2D eigenvalue weighted by Crippen LogP contribution is 2.16. The SMILES string of the molecule is COc1ccc(NC(=O)c2ccnc(C(=O)NCc3ccc(F)cc3)c2)cc1. The van der Waals surface area contributed by atoms with E-state index in [1.165, 1.54) is 30.5 Å². The fraction of sp³-hybridized carbons (Fsp3) is 0.0952. The predicted octanol–water partition coefficient (Wildman–Crippen LogP) is 3.41. The van der Waals surface area contributed by atoms with Gasteiger partial charge >= 0.3 is 0 Å². The van der Waals surface area contributed by atoms with Gasteiger partial charge in [0.1, 0.15) is 17.3 Å². The Bertz CT molecular complexity index is 973. The summed E-state index contributed by atoms with van der Waals surface area (Å²) in [5.41, 5.74) is 1.77. The fourth-order valence-electron chi connectivity index (χ4n) is 2.45. The van der Waals surface area contributed by atoms with Gasteiger partial charge in [-0.05, 0) is 54.1 Å². The minimum absolute atomic E-state index is 0.115. The number of hydrogen-bond acceptors (Lipinski definition) is 4. The molecule has 2 amide bonds. The molecule has 6 nitrogen and oxygen atoms in total. The first-order chi connectivity index (χ1) is 13.5. The van der Waals surface area contributed by atoms with Crippen LogP contribution in [0, 0.1) is 5.82 Å². The topological polar surface area (TPSA) is 80.3 Å². The standard InChI is InChI=1S/C21H18FN3O3/c1-28-18-8-6-17(7-9-18)25-20(26)15-10-11-23-19(12-15)21(27)24-13-14-2-4-16(22)5-3-14/h2-12H,13H2,1H3,(H,24,27)(H,25,26). The quantitative estimate of drug-likeness (QED) is 0.688. The second-order valence-electron chi connectivity index (χ2n) is 5.92. The van der Waals surface area contributed by atoms with Crippen molar-refractivity contribution in [1.29, 1.82) is 0 Å². The monoisotopic (exact) mass is 379 g/mol. The average molecular weight is 379 g/mol. The second-order valence-corrected chi connectivity index (χ2v) is 5.92. The molecule has 7 heteroatoms. The Balaban J connectivity index is 1.64. The number of amides is 2. The van der Waals surface area contributed by atoms with Gasteiger partial charge in [0.25, 0.3) is 11.8 Å². The van der Waals surface area contributed by atoms with Crippen molar-refractivity contribution in [2.75, 3.05) is 12.4 Å². The zero-order valence-corrected chi connectivity index (χ0v) is 15.1. The summed E-state index contributed by atoms with van der Waals surface area (Å²) in [6.07, 6.45) is 1.40. The lowest BCUT2D eigenvalue weighted by molar-refractivity contribution is 0.0946. The zero-order valence-electron chi connectivity index (χ0n) is 15.1. The van der Waals surface area contributed by atoms with Crippen LogP contribution in [-0.4, -0.2) is 23.9 Å². The highest BCUT2D eigenvalue weighted by Gasteiger charge is 2.12. The van der Waals surface area contributed by atoms with Crippen molar-refractivity contribution in [1.82, 2.24) is 10.3 Å². The molecule has 0 radical (unpaired) electrons. The lowest BCUT2D eigenvalue weighted by Gasteiger charge is -2.08. The predicted molar refractivity (Wildman–Crippen MR) is 103 cm³/mol. The van der Waals surface area contributed by atoms with E-state index in [-0.39, 0.29) is 24.0 Å². The fourth-order valence-corrected chi connectivity index (χ4v) is 2.45. The first-order valence-electron chi connectivity index (χ1n) is 8.49. The van der Waals surface area contributed by atoms with Crippen molar-refractivity contribution < 1.29 is 18.7 Å². The molecule has 1 heterocycles. The third-order valence-corrected chi connectivity index (χ3v) is 3.97. The van der Waals surface area contributed by atoms with Crippen LogP contribution in [0.2, 0.25) is 0 Å². The van der Waals surface area contributed by atoms with Gasteiger partial charge < -0.3 is 15.4 Å². The summed E-state index contributed by atoms with van der Waals surface area (Å²) < 4.78 is 18.0. The first kappa shape index (κ1) is 19.0. The largest absolute Gasteiger partial charge is 0.497 e. The maximum Gasteiger partial charge on any atom is 0.270 e. The number of aromatic nitrogens is 1. The zero-order chi connectivity index (χ0) is 19.9. The number of nitrogens with zero attached hydrogens (tertiary/aromatic N) is 1. The van der Waals surface area contributed by atoms with Gasteiger partial charge in [0, 0.05) is 24.0 Å². The Morgan fingerprint density at radius 3 is 2.39 bits per heavy atom. The Morgan fingerprint density at radius 1 is 1.00 bits per heavy atom. The summed E-state index contributed by atoms with van der Waals surface area (Å²) in [6, 6.07) is 15.7. The number of rotatable bonds is 6. The number of methoxy groups -OCH3 is 1. The molecule has 3 rings (SSSR count). The van der Waals surface area contributed by atoms with Crippen molar-refractivity contribution in [3.05, 3.63) is 89.5 Å². The summed E-state index contributed by atoms with van der Waals surface area (Å²) in [5, 5.41) is 5.44. The Kier molecular flexibility index (Phi) is 5.96. The summed E-state index contributed by atoms with van der Waals surface area (Å²) >= 11 is 0. The average Bonchev–Trinajstić information content (AvgIpc) is 2.73. The summed E-state index contributed by atoms with van der Waals surface area (Å²) in [5.74, 6) is -0.446. The van der Waals surface area contributed by atoms with Crippen molar-refractivity contribution in [3.63, 3.8) is 0 Å². The number of pyridine rings is 1. The highest BCUT2D eigenvalue weighted by atomic mass is 19.1. The molecular weight excluding hydrogens is 361 g/mol. The number of hydrogen-bond donors (Lipinski definition) is 2. The van der Waals surface area contributed by atoms with Gasteiger partial charge in [0.05, 0.1) is 7.11 Å². The van der Waals surface area contributed by atoms with Crippen LogP contribution in [-0.2, 0) is 6.54 Å². The van der Waals surface area contributed by atoms with E-state index in [4.69, 9.17) is 4.74 Å². The van der Waals surface area contributed by atoms with Crippen molar-refractivity contribution in [2.24, 2.45) is 0 Å². The van der Waals surface area contributed by atoms with Gasteiger partial charge in [-0.2, -0.15) is 0 Å². The summed E-state index contributed by atoms with van der Waals surface area (Å²) in [4.78, 5) is 28.7. The van der Waals surface area contributed by atoms with Crippen LogP contribution in [0.15, 0.2) is 66.9 Å². The second kappa shape index (κ2) is 8.77. The van der Waals surface area contributed by atoms with Crippen molar-refractivity contribution in [3.8, 4) is 5.75 Å². The molecule has 142 valence electrons. The van der Waals surface area contributed by atoms with Crippen LogP contribution < -0.4 is 15.4 Å². The number of halogens is 1. The van der Waals surface area contributed by atoms with Crippen LogP contribution in [0.1, 0.15) is 26.4 Å². The van der Waals surface area contributed by atoms with Gasteiger partial charge in [-0.3, -0.25) is 14.6 Å². The molecule has 0 fully saturated rings. The minimum atomic E-state index is -0.427. The number of nitrogens with one attached hydrogen (secondary N) is 2. The normalized spacial score (nSPS) is 10.2. The molecule has 0 unspecified atom stereocenters. The minimum Gasteiger partial charge on any atom is -0.497 e. The molecule has 28 heavy (non-hydrogen) atoms. The molecule has 0 saturated carbocycles. The molecule has 0 atom stereocenters. The van der Waals surface area contributed by atoms with E-state index in [1.807, 2.05) is 0 Å². The van der Waals surface area contributed by atoms with Gasteiger partial charge in [-0.1, -0.05) is 12.1 Å². The molecule has 0 aliphatic heterocycles. The van der Waals surface area contributed by atoms with E-state index in [9.17, 15) is 14.0 Å². The van der Waals surface area contributed by atoms with Crippen LogP contribution in [0.3, 0.4) is 0 Å². The molecule has 1 aromatic heterocycles. The van der Waals surface area contributed by atoms with E-state index >= 15 is 0 Å². The van der Waals surface area contributed by atoms with Gasteiger partial charge in [-0.25, -0.2) is 4.39 Å². The van der Waals surface area contributed by atoms with Crippen molar-refractivity contribution in [2.45, 2.75) is 6.54 Å². The molecule has 0 bridgehead atoms. The van der Waals surface area contributed by atoms with Gasteiger partial charge in [-0.15, -0.1) is 0 Å². The van der Waals surface area contributed by atoms with E-state index < -0.39 is 5.91 Å². The first-order valence-corrected chi connectivity index (χ1v) is 8.49. The van der Waals surface area contributed by atoms with Crippen LogP contribution in [0.25, 0.3) is 0 Å². The highest BCUT2D eigenvalue weighted by molar-refractivity contribution is 6.05. The smallest absolute Gasteiger partial charge is 0.270 e. The molecule has 0 aliphatic rings. The maximum atomic E-state index is 12.9. The summed E-state index contributed by atoms with van der Waals surface area (Å²) in [6.45, 7) is 0.225. The Hall–Kier alpha value is -3.74.